The zero-order chi connectivity index (χ0) is 18.5. The number of anilines is 1. The number of amides is 2. The summed E-state index contributed by atoms with van der Waals surface area (Å²) in [6, 6.07) is 0. The highest BCUT2D eigenvalue weighted by molar-refractivity contribution is 5.93. The molecule has 3 heterocycles. The molecule has 2 fully saturated rings. The number of aromatic nitrogens is 2. The van der Waals surface area contributed by atoms with Crippen molar-refractivity contribution in [2.24, 2.45) is 5.92 Å². The van der Waals surface area contributed by atoms with Crippen LogP contribution in [0.1, 0.15) is 42.5 Å². The Morgan fingerprint density at radius 3 is 2.81 bits per heavy atom. The predicted molar refractivity (Wildman–Crippen MR) is 96.3 cm³/mol. The summed E-state index contributed by atoms with van der Waals surface area (Å²) >= 11 is 0. The molecule has 8 nitrogen and oxygen atoms in total. The topological polar surface area (TPSA) is 102 Å². The lowest BCUT2D eigenvalue weighted by Gasteiger charge is -2.22. The SMILES string of the molecule is CN(CC1CCN(C(=O)CCC2CCCO2)C1)C(=O)c1cnc(N)nc1. The Balaban J connectivity index is 1.43. The van der Waals surface area contributed by atoms with Gasteiger partial charge >= 0.3 is 0 Å². The Morgan fingerprint density at radius 2 is 2.12 bits per heavy atom. The summed E-state index contributed by atoms with van der Waals surface area (Å²) in [5.41, 5.74) is 5.87. The van der Waals surface area contributed by atoms with Gasteiger partial charge in [0.1, 0.15) is 0 Å². The van der Waals surface area contributed by atoms with E-state index in [0.717, 1.165) is 38.8 Å². The van der Waals surface area contributed by atoms with E-state index in [2.05, 4.69) is 9.97 Å². The number of hydrogen-bond acceptors (Lipinski definition) is 6. The van der Waals surface area contributed by atoms with E-state index in [9.17, 15) is 9.59 Å². The van der Waals surface area contributed by atoms with E-state index < -0.39 is 0 Å². The number of rotatable bonds is 6. The van der Waals surface area contributed by atoms with Gasteiger partial charge in [-0.2, -0.15) is 0 Å². The van der Waals surface area contributed by atoms with Gasteiger partial charge in [0.15, 0.2) is 0 Å². The maximum absolute atomic E-state index is 12.4. The molecule has 0 radical (unpaired) electrons. The number of ether oxygens (including phenoxy) is 1. The molecule has 0 saturated carbocycles. The standard InChI is InChI=1S/C18H27N5O3/c1-22(17(25)14-9-20-18(19)21-10-14)11-13-6-7-23(12-13)16(24)5-4-15-3-2-8-26-15/h9-10,13,15H,2-8,11-12H2,1H3,(H2,19,20,21). The van der Waals surface area contributed by atoms with Gasteiger partial charge in [-0.25, -0.2) is 9.97 Å². The van der Waals surface area contributed by atoms with Crippen molar-refractivity contribution in [1.29, 1.82) is 0 Å². The van der Waals surface area contributed by atoms with Gasteiger partial charge in [-0.15, -0.1) is 0 Å². The molecule has 2 aliphatic heterocycles. The van der Waals surface area contributed by atoms with Gasteiger partial charge in [0, 0.05) is 52.1 Å². The molecule has 1 aromatic rings. The highest BCUT2D eigenvalue weighted by atomic mass is 16.5. The van der Waals surface area contributed by atoms with Gasteiger partial charge in [0.2, 0.25) is 11.9 Å². The Morgan fingerprint density at radius 1 is 1.35 bits per heavy atom. The first kappa shape index (κ1) is 18.6. The van der Waals surface area contributed by atoms with Crippen LogP contribution in [-0.4, -0.2) is 71.0 Å². The lowest BCUT2D eigenvalue weighted by Crippen LogP contribution is -2.34. The molecule has 3 rings (SSSR count). The molecule has 142 valence electrons. The van der Waals surface area contributed by atoms with Crippen LogP contribution >= 0.6 is 0 Å². The molecule has 0 aliphatic carbocycles. The van der Waals surface area contributed by atoms with Crippen molar-refractivity contribution in [3.63, 3.8) is 0 Å². The normalized spacial score (nSPS) is 22.6. The molecule has 0 bridgehead atoms. The maximum Gasteiger partial charge on any atom is 0.256 e. The summed E-state index contributed by atoms with van der Waals surface area (Å²) in [5, 5.41) is 0. The molecule has 2 saturated heterocycles. The number of carbonyl (C=O) groups excluding carboxylic acids is 2. The first-order chi connectivity index (χ1) is 12.5. The zero-order valence-electron chi connectivity index (χ0n) is 15.3. The summed E-state index contributed by atoms with van der Waals surface area (Å²) < 4.78 is 5.58. The fourth-order valence-corrected chi connectivity index (χ4v) is 3.66. The summed E-state index contributed by atoms with van der Waals surface area (Å²) in [6.45, 7) is 2.91. The highest BCUT2D eigenvalue weighted by Gasteiger charge is 2.29. The first-order valence-electron chi connectivity index (χ1n) is 9.25. The second-order valence-corrected chi connectivity index (χ2v) is 7.18. The number of nitrogens with two attached hydrogens (primary N) is 1. The molecule has 0 spiro atoms. The van der Waals surface area contributed by atoms with Gasteiger partial charge in [-0.3, -0.25) is 9.59 Å². The Hall–Kier alpha value is -2.22. The third-order valence-electron chi connectivity index (χ3n) is 5.14. The molecule has 2 unspecified atom stereocenters. The van der Waals surface area contributed by atoms with E-state index in [-0.39, 0.29) is 23.9 Å². The molecule has 8 heteroatoms. The molecule has 2 aliphatic rings. The number of nitrogen functional groups attached to an aromatic ring is 1. The summed E-state index contributed by atoms with van der Waals surface area (Å²) in [7, 11) is 1.76. The molecule has 26 heavy (non-hydrogen) atoms. The monoisotopic (exact) mass is 361 g/mol. The van der Waals surface area contributed by atoms with Crippen LogP contribution in [0.2, 0.25) is 0 Å². The minimum Gasteiger partial charge on any atom is -0.378 e. The highest BCUT2D eigenvalue weighted by Crippen LogP contribution is 2.21. The van der Waals surface area contributed by atoms with Crippen molar-refractivity contribution in [2.75, 3.05) is 39.0 Å². The van der Waals surface area contributed by atoms with Crippen molar-refractivity contribution in [2.45, 2.75) is 38.2 Å². The predicted octanol–water partition coefficient (Wildman–Crippen LogP) is 0.939. The van der Waals surface area contributed by atoms with Crippen LogP contribution in [0.3, 0.4) is 0 Å². The summed E-state index contributed by atoms with van der Waals surface area (Å²) in [5.74, 6) is 0.513. The van der Waals surface area contributed by atoms with Crippen LogP contribution in [0.25, 0.3) is 0 Å². The zero-order valence-corrected chi connectivity index (χ0v) is 15.3. The van der Waals surface area contributed by atoms with Gasteiger partial charge in [0.25, 0.3) is 5.91 Å². The minimum absolute atomic E-state index is 0.131. The summed E-state index contributed by atoms with van der Waals surface area (Å²) in [6.07, 6.45) is 7.59. The molecular formula is C18H27N5O3. The van der Waals surface area contributed by atoms with E-state index >= 15 is 0 Å². The third-order valence-corrected chi connectivity index (χ3v) is 5.14. The Kier molecular flexibility index (Phi) is 6.03. The number of hydrogen-bond donors (Lipinski definition) is 1. The third kappa shape index (κ3) is 4.69. The molecule has 2 atom stereocenters. The van der Waals surface area contributed by atoms with Crippen molar-refractivity contribution in [3.05, 3.63) is 18.0 Å². The quantitative estimate of drug-likeness (QED) is 0.809. The maximum atomic E-state index is 12.4. The van der Waals surface area contributed by atoms with E-state index in [1.165, 1.54) is 12.4 Å². The van der Waals surface area contributed by atoms with Gasteiger partial charge in [0.05, 0.1) is 11.7 Å². The molecule has 1 aromatic heterocycles. The van der Waals surface area contributed by atoms with E-state index in [1.807, 2.05) is 4.90 Å². The first-order valence-corrected chi connectivity index (χ1v) is 9.25. The molecule has 2 amide bonds. The van der Waals surface area contributed by atoms with Crippen molar-refractivity contribution < 1.29 is 14.3 Å². The second kappa shape index (κ2) is 8.44. The summed E-state index contributed by atoms with van der Waals surface area (Å²) in [4.78, 5) is 36.1. The minimum atomic E-state index is -0.131. The average Bonchev–Trinajstić information content (AvgIpc) is 3.31. The smallest absolute Gasteiger partial charge is 0.256 e. The van der Waals surface area contributed by atoms with Crippen LogP contribution < -0.4 is 5.73 Å². The number of likely N-dealkylation sites (tertiary alicyclic amines) is 1. The Bertz CT molecular complexity index is 630. The second-order valence-electron chi connectivity index (χ2n) is 7.18. The van der Waals surface area contributed by atoms with Gasteiger partial charge in [-0.05, 0) is 31.6 Å². The van der Waals surface area contributed by atoms with Crippen LogP contribution in [0, 0.1) is 5.92 Å². The largest absolute Gasteiger partial charge is 0.378 e. The van der Waals surface area contributed by atoms with Gasteiger partial charge in [-0.1, -0.05) is 0 Å². The fourth-order valence-electron chi connectivity index (χ4n) is 3.66. The van der Waals surface area contributed by atoms with Crippen molar-refractivity contribution >= 4 is 17.8 Å². The number of carbonyl (C=O) groups is 2. The molecule has 0 aromatic carbocycles. The van der Waals surface area contributed by atoms with Crippen molar-refractivity contribution in [3.8, 4) is 0 Å². The van der Waals surface area contributed by atoms with E-state index in [1.54, 1.807) is 11.9 Å². The van der Waals surface area contributed by atoms with Crippen LogP contribution in [0.4, 0.5) is 5.95 Å². The van der Waals surface area contributed by atoms with Gasteiger partial charge < -0.3 is 20.3 Å². The molecule has 2 N–H and O–H groups in total. The average molecular weight is 361 g/mol. The van der Waals surface area contributed by atoms with E-state index in [4.69, 9.17) is 10.5 Å². The van der Waals surface area contributed by atoms with Crippen LogP contribution in [0.5, 0.6) is 0 Å². The van der Waals surface area contributed by atoms with Crippen molar-refractivity contribution in [1.82, 2.24) is 19.8 Å². The number of nitrogens with zero attached hydrogens (tertiary/aromatic N) is 4. The fraction of sp³-hybridized carbons (Fsp3) is 0.667. The van der Waals surface area contributed by atoms with Crippen LogP contribution in [0.15, 0.2) is 12.4 Å². The molecular weight excluding hydrogens is 334 g/mol. The van der Waals surface area contributed by atoms with E-state index in [0.29, 0.717) is 31.0 Å². The lowest BCUT2D eigenvalue weighted by atomic mass is 10.1. The van der Waals surface area contributed by atoms with Crippen LogP contribution in [-0.2, 0) is 9.53 Å². The Labute approximate surface area is 153 Å². The lowest BCUT2D eigenvalue weighted by molar-refractivity contribution is -0.130.